The highest BCUT2D eigenvalue weighted by Crippen LogP contribution is 2.38. The van der Waals surface area contributed by atoms with Gasteiger partial charge in [0.2, 0.25) is 0 Å². The molecule has 0 aliphatic carbocycles. The van der Waals surface area contributed by atoms with Crippen molar-refractivity contribution in [3.05, 3.63) is 29.8 Å². The van der Waals surface area contributed by atoms with Crippen LogP contribution in [0.25, 0.3) is 0 Å². The molecule has 0 radical (unpaired) electrons. The number of carbonyl (C=O) groups is 1. The van der Waals surface area contributed by atoms with E-state index in [4.69, 9.17) is 0 Å². The Labute approximate surface area is 161 Å². The zero-order valence-corrected chi connectivity index (χ0v) is 16.7. The second-order valence-electron chi connectivity index (χ2n) is 8.29. The van der Waals surface area contributed by atoms with E-state index in [9.17, 15) is 13.2 Å². The third-order valence-electron chi connectivity index (χ3n) is 6.54. The number of hydrogen-bond donors (Lipinski definition) is 2. The number of nitrogens with one attached hydrogen (secondary N) is 2. The molecule has 0 saturated carbocycles. The molecule has 0 spiro atoms. The molecule has 3 fully saturated rings. The van der Waals surface area contributed by atoms with Crippen LogP contribution < -0.4 is 10.6 Å². The van der Waals surface area contributed by atoms with E-state index < -0.39 is 9.84 Å². The Morgan fingerprint density at radius 1 is 1.19 bits per heavy atom. The van der Waals surface area contributed by atoms with Crippen molar-refractivity contribution in [1.82, 2.24) is 15.5 Å². The molecule has 6 nitrogen and oxygen atoms in total. The SMILES string of the molecule is CS(=O)(=O)c1ccc(C(=O)NC[C@H]2[C@@H]3CNC[C@@H](C3)[C@@H]3CCCCN32)cc1. The van der Waals surface area contributed by atoms with Gasteiger partial charge < -0.3 is 10.6 Å². The first kappa shape index (κ1) is 18.9. The second-order valence-corrected chi connectivity index (χ2v) is 10.3. The summed E-state index contributed by atoms with van der Waals surface area (Å²) in [5.74, 6) is 1.21. The molecule has 2 bridgehead atoms. The predicted molar refractivity (Wildman–Crippen MR) is 104 cm³/mol. The lowest BCUT2D eigenvalue weighted by molar-refractivity contribution is -0.0371. The van der Waals surface area contributed by atoms with Gasteiger partial charge in [-0.15, -0.1) is 0 Å². The van der Waals surface area contributed by atoms with Crippen molar-refractivity contribution < 1.29 is 13.2 Å². The average molecular weight is 392 g/mol. The molecule has 7 heteroatoms. The van der Waals surface area contributed by atoms with E-state index in [1.54, 1.807) is 12.1 Å². The number of sulfone groups is 1. The molecular formula is C20H29N3O3S. The molecule has 3 aliphatic heterocycles. The van der Waals surface area contributed by atoms with E-state index in [0.717, 1.165) is 25.6 Å². The summed E-state index contributed by atoms with van der Waals surface area (Å²) in [4.78, 5) is 15.5. The fourth-order valence-electron chi connectivity index (χ4n) is 5.20. The summed E-state index contributed by atoms with van der Waals surface area (Å²) in [6.45, 7) is 3.95. The van der Waals surface area contributed by atoms with Crippen LogP contribution >= 0.6 is 0 Å². The van der Waals surface area contributed by atoms with E-state index in [-0.39, 0.29) is 10.8 Å². The third kappa shape index (κ3) is 3.91. The maximum atomic E-state index is 12.6. The molecule has 3 saturated heterocycles. The second kappa shape index (κ2) is 7.53. The molecule has 148 valence electrons. The Kier molecular flexibility index (Phi) is 5.27. The van der Waals surface area contributed by atoms with Crippen LogP contribution in [0.15, 0.2) is 29.2 Å². The van der Waals surface area contributed by atoms with Gasteiger partial charge in [0.1, 0.15) is 0 Å². The summed E-state index contributed by atoms with van der Waals surface area (Å²) in [5, 5.41) is 6.70. The molecule has 1 amide bonds. The van der Waals surface area contributed by atoms with E-state index in [1.807, 2.05) is 0 Å². The van der Waals surface area contributed by atoms with Gasteiger partial charge in [0.15, 0.2) is 9.84 Å². The summed E-state index contributed by atoms with van der Waals surface area (Å²) in [5.41, 5.74) is 0.507. The lowest BCUT2D eigenvalue weighted by Gasteiger charge is -2.55. The number of hydrogen-bond acceptors (Lipinski definition) is 5. The largest absolute Gasteiger partial charge is 0.350 e. The minimum absolute atomic E-state index is 0.130. The number of fused-ring (bicyclic) bond motifs is 4. The van der Waals surface area contributed by atoms with E-state index in [0.29, 0.717) is 30.1 Å². The maximum absolute atomic E-state index is 12.6. The van der Waals surface area contributed by atoms with Crippen molar-refractivity contribution in [2.75, 3.05) is 32.4 Å². The molecule has 0 aromatic heterocycles. The van der Waals surface area contributed by atoms with E-state index in [1.165, 1.54) is 44.1 Å². The van der Waals surface area contributed by atoms with Gasteiger partial charge in [0.05, 0.1) is 4.90 Å². The molecule has 1 aromatic rings. The first-order valence-corrected chi connectivity index (χ1v) is 11.9. The highest BCUT2D eigenvalue weighted by molar-refractivity contribution is 7.90. The summed E-state index contributed by atoms with van der Waals surface area (Å²) in [7, 11) is -3.24. The molecule has 1 aromatic carbocycles. The van der Waals surface area contributed by atoms with Crippen LogP contribution in [0.1, 0.15) is 36.0 Å². The Balaban J connectivity index is 1.43. The first-order chi connectivity index (χ1) is 12.9. The number of carbonyl (C=O) groups excluding carboxylic acids is 1. The van der Waals surface area contributed by atoms with E-state index >= 15 is 0 Å². The first-order valence-electron chi connectivity index (χ1n) is 9.98. The smallest absolute Gasteiger partial charge is 0.251 e. The van der Waals surface area contributed by atoms with Gasteiger partial charge in [-0.05, 0) is 75.0 Å². The number of rotatable bonds is 4. The standard InChI is InChI=1S/C20H29N3O3S/c1-27(25,26)17-7-5-14(6-8-17)20(24)22-13-19-16-10-15(11-21-12-16)18-4-2-3-9-23(18)19/h5-8,15-16,18-19,21H,2-4,9-13H2,1H3,(H,22,24)/t15-,16+,18+,19+/m1/s1. The molecule has 3 heterocycles. The summed E-state index contributed by atoms with van der Waals surface area (Å²) in [6, 6.07) is 7.23. The van der Waals surface area contributed by atoms with Crippen LogP contribution in [0, 0.1) is 11.8 Å². The Bertz CT molecular complexity index is 793. The van der Waals surface area contributed by atoms with Gasteiger partial charge >= 0.3 is 0 Å². The maximum Gasteiger partial charge on any atom is 0.251 e. The molecule has 27 heavy (non-hydrogen) atoms. The number of benzene rings is 1. The zero-order valence-electron chi connectivity index (χ0n) is 15.9. The van der Waals surface area contributed by atoms with Crippen molar-refractivity contribution in [2.24, 2.45) is 11.8 Å². The summed E-state index contributed by atoms with van der Waals surface area (Å²) in [6.07, 6.45) is 6.27. The highest BCUT2D eigenvalue weighted by atomic mass is 32.2. The van der Waals surface area contributed by atoms with Crippen molar-refractivity contribution in [1.29, 1.82) is 0 Å². The van der Waals surface area contributed by atoms with Crippen LogP contribution in [-0.2, 0) is 9.84 Å². The van der Waals surface area contributed by atoms with Crippen molar-refractivity contribution >= 4 is 15.7 Å². The van der Waals surface area contributed by atoms with Gasteiger partial charge in [0.25, 0.3) is 5.91 Å². The van der Waals surface area contributed by atoms with Gasteiger partial charge in [-0.2, -0.15) is 0 Å². The Hall–Kier alpha value is -1.44. The van der Waals surface area contributed by atoms with Crippen molar-refractivity contribution in [2.45, 2.75) is 42.7 Å². The summed E-state index contributed by atoms with van der Waals surface area (Å²) >= 11 is 0. The quantitative estimate of drug-likeness (QED) is 0.809. The predicted octanol–water partition coefficient (Wildman–Crippen LogP) is 1.28. The molecule has 4 rings (SSSR count). The fraction of sp³-hybridized carbons (Fsp3) is 0.650. The number of piperidine rings is 3. The van der Waals surface area contributed by atoms with Crippen molar-refractivity contribution in [3.8, 4) is 0 Å². The van der Waals surface area contributed by atoms with Crippen LogP contribution in [0.2, 0.25) is 0 Å². The van der Waals surface area contributed by atoms with Gasteiger partial charge in [-0.1, -0.05) is 6.42 Å². The lowest BCUT2D eigenvalue weighted by Crippen LogP contribution is -2.65. The molecule has 4 atom stereocenters. The normalized spacial score (nSPS) is 31.1. The zero-order chi connectivity index (χ0) is 19.0. The third-order valence-corrected chi connectivity index (χ3v) is 7.67. The Morgan fingerprint density at radius 3 is 2.67 bits per heavy atom. The minimum atomic E-state index is -3.24. The monoisotopic (exact) mass is 391 g/mol. The average Bonchev–Trinajstić information content (AvgIpc) is 2.67. The number of nitrogens with zero attached hydrogens (tertiary/aromatic N) is 1. The van der Waals surface area contributed by atoms with Crippen molar-refractivity contribution in [3.63, 3.8) is 0 Å². The topological polar surface area (TPSA) is 78.5 Å². The lowest BCUT2D eigenvalue weighted by atomic mass is 9.73. The highest BCUT2D eigenvalue weighted by Gasteiger charge is 2.45. The molecule has 2 N–H and O–H groups in total. The Morgan fingerprint density at radius 2 is 1.93 bits per heavy atom. The summed E-state index contributed by atoms with van der Waals surface area (Å²) < 4.78 is 23.1. The van der Waals surface area contributed by atoms with Gasteiger partial charge in [-0.3, -0.25) is 9.69 Å². The molecule has 3 aliphatic rings. The van der Waals surface area contributed by atoms with Crippen LogP contribution in [0.3, 0.4) is 0 Å². The molecule has 0 unspecified atom stereocenters. The van der Waals surface area contributed by atoms with Gasteiger partial charge in [-0.25, -0.2) is 8.42 Å². The van der Waals surface area contributed by atoms with Crippen LogP contribution in [0.4, 0.5) is 0 Å². The fourth-order valence-corrected chi connectivity index (χ4v) is 5.83. The van der Waals surface area contributed by atoms with E-state index in [2.05, 4.69) is 15.5 Å². The van der Waals surface area contributed by atoms with Crippen LogP contribution in [-0.4, -0.2) is 63.7 Å². The molecular weight excluding hydrogens is 362 g/mol. The van der Waals surface area contributed by atoms with Crippen LogP contribution in [0.5, 0.6) is 0 Å². The number of amides is 1. The van der Waals surface area contributed by atoms with Gasteiger partial charge in [0, 0.05) is 30.4 Å². The minimum Gasteiger partial charge on any atom is -0.350 e.